The fourth-order valence-corrected chi connectivity index (χ4v) is 0.903. The molecule has 0 aliphatic rings. The van der Waals surface area contributed by atoms with Crippen molar-refractivity contribution in [2.45, 2.75) is 0 Å². The number of hydrogen-bond acceptors (Lipinski definition) is 5. The van der Waals surface area contributed by atoms with Gasteiger partial charge in [0.2, 0.25) is 0 Å². The van der Waals surface area contributed by atoms with Gasteiger partial charge in [-0.3, -0.25) is 0 Å². The molecule has 0 aliphatic carbocycles. The number of hydrogen-bond donors (Lipinski definition) is 2. The van der Waals surface area contributed by atoms with Gasteiger partial charge in [-0.05, 0) is 12.1 Å². The number of para-hydroxylation sites is 2. The lowest BCUT2D eigenvalue weighted by Gasteiger charge is -2.10. The monoisotopic (exact) mass is 198 g/mol. The van der Waals surface area contributed by atoms with Crippen molar-refractivity contribution in [3.63, 3.8) is 0 Å². The van der Waals surface area contributed by atoms with E-state index in [2.05, 4.69) is 4.65 Å². The molecule has 0 aromatic heterocycles. The first kappa shape index (κ1) is 10.8. The van der Waals surface area contributed by atoms with Crippen LogP contribution in [0.4, 0.5) is 0 Å². The van der Waals surface area contributed by atoms with E-state index >= 15 is 0 Å². The van der Waals surface area contributed by atoms with Crippen molar-refractivity contribution in [2.24, 2.45) is 0 Å². The Kier molecular flexibility index (Phi) is 4.25. The summed E-state index contributed by atoms with van der Waals surface area (Å²) in [5.41, 5.74) is 0. The van der Waals surface area contributed by atoms with Crippen molar-refractivity contribution in [3.8, 4) is 11.5 Å². The predicted octanol–water partition coefficient (Wildman–Crippen LogP) is 0.0176. The summed E-state index contributed by atoms with van der Waals surface area (Å²) in [6.07, 6.45) is 0. The largest absolute Gasteiger partial charge is 0.707 e. The smallest absolute Gasteiger partial charge is 0.509 e. The molecule has 6 heteroatoms. The molecule has 5 nitrogen and oxygen atoms in total. The summed E-state index contributed by atoms with van der Waals surface area (Å²) in [5.74, 6) is 0.641. The van der Waals surface area contributed by atoms with Gasteiger partial charge in [0.15, 0.2) is 12.5 Å². The molecule has 0 spiro atoms. The second-order valence-corrected chi connectivity index (χ2v) is 2.44. The third-order valence-electron chi connectivity index (χ3n) is 1.41. The molecule has 0 amide bonds. The van der Waals surface area contributed by atoms with Gasteiger partial charge in [-0.1, -0.05) is 12.1 Å². The summed E-state index contributed by atoms with van der Waals surface area (Å²) in [6.45, 7) is 0.0713. The molecule has 0 atom stereocenters. The first-order valence-corrected chi connectivity index (χ1v) is 3.97. The Hall–Kier alpha value is -1.24. The number of methoxy groups -OCH3 is 1. The summed E-state index contributed by atoms with van der Waals surface area (Å²) in [5, 5.41) is 17.2. The second-order valence-electron chi connectivity index (χ2n) is 2.44. The van der Waals surface area contributed by atoms with Gasteiger partial charge >= 0.3 is 7.32 Å². The van der Waals surface area contributed by atoms with E-state index in [1.165, 1.54) is 7.11 Å². The fraction of sp³-hybridized carbons (Fsp3) is 0.250. The van der Waals surface area contributed by atoms with E-state index in [9.17, 15) is 0 Å². The molecule has 14 heavy (non-hydrogen) atoms. The summed E-state index contributed by atoms with van der Waals surface area (Å²) in [4.78, 5) is 0. The molecule has 1 aromatic carbocycles. The van der Waals surface area contributed by atoms with Crippen molar-refractivity contribution in [1.82, 2.24) is 0 Å². The van der Waals surface area contributed by atoms with Crippen LogP contribution in [0.15, 0.2) is 24.3 Å². The maximum absolute atomic E-state index is 8.60. The maximum Gasteiger partial charge on any atom is 0.707 e. The Morgan fingerprint density at radius 1 is 1.21 bits per heavy atom. The maximum atomic E-state index is 8.60. The summed E-state index contributed by atoms with van der Waals surface area (Å²) in [6, 6.07) is 6.63. The molecule has 1 aromatic rings. The molecule has 0 saturated carbocycles. The number of benzene rings is 1. The molecule has 2 N–H and O–H groups in total. The van der Waals surface area contributed by atoms with Crippen molar-refractivity contribution in [2.75, 3.05) is 13.9 Å². The SMILES string of the molecule is COCOc1ccccc1OB(O)O. The van der Waals surface area contributed by atoms with Gasteiger partial charge in [0, 0.05) is 7.11 Å². The molecule has 0 heterocycles. The predicted molar refractivity (Wildman–Crippen MR) is 49.8 cm³/mol. The lowest BCUT2D eigenvalue weighted by molar-refractivity contribution is 0.0494. The van der Waals surface area contributed by atoms with Crippen LogP contribution in [0.25, 0.3) is 0 Å². The zero-order valence-corrected chi connectivity index (χ0v) is 7.71. The van der Waals surface area contributed by atoms with Crippen LogP contribution in [-0.4, -0.2) is 31.3 Å². The number of rotatable bonds is 5. The van der Waals surface area contributed by atoms with Crippen molar-refractivity contribution in [3.05, 3.63) is 24.3 Å². The van der Waals surface area contributed by atoms with Crippen LogP contribution in [0, 0.1) is 0 Å². The highest BCUT2D eigenvalue weighted by Gasteiger charge is 2.14. The van der Waals surface area contributed by atoms with Gasteiger partial charge in [-0.15, -0.1) is 0 Å². The van der Waals surface area contributed by atoms with Gasteiger partial charge in [-0.25, -0.2) is 0 Å². The fourth-order valence-electron chi connectivity index (χ4n) is 0.903. The first-order chi connectivity index (χ1) is 6.74. The van der Waals surface area contributed by atoms with Gasteiger partial charge in [0.25, 0.3) is 0 Å². The van der Waals surface area contributed by atoms with Crippen LogP contribution in [0.2, 0.25) is 0 Å². The van der Waals surface area contributed by atoms with Gasteiger partial charge in [-0.2, -0.15) is 0 Å². The normalized spacial score (nSPS) is 9.64. The Labute approximate surface area is 82.0 Å². The molecular weight excluding hydrogens is 187 g/mol. The zero-order chi connectivity index (χ0) is 10.4. The second kappa shape index (κ2) is 5.49. The third-order valence-corrected chi connectivity index (χ3v) is 1.41. The quantitative estimate of drug-likeness (QED) is 0.515. The molecule has 1 rings (SSSR count). The molecule has 0 saturated heterocycles. The Morgan fingerprint density at radius 2 is 1.86 bits per heavy atom. The van der Waals surface area contributed by atoms with Crippen LogP contribution in [-0.2, 0) is 4.74 Å². The highest BCUT2D eigenvalue weighted by molar-refractivity contribution is 6.33. The molecule has 0 bridgehead atoms. The zero-order valence-electron chi connectivity index (χ0n) is 7.71. The summed E-state index contributed by atoms with van der Waals surface area (Å²) < 4.78 is 14.5. The van der Waals surface area contributed by atoms with Gasteiger partial charge in [0.05, 0.1) is 0 Å². The van der Waals surface area contributed by atoms with E-state index in [1.807, 2.05) is 0 Å². The Balaban J connectivity index is 2.69. The average Bonchev–Trinajstić information content (AvgIpc) is 2.16. The van der Waals surface area contributed by atoms with Crippen molar-refractivity contribution < 1.29 is 24.2 Å². The topological polar surface area (TPSA) is 68.2 Å². The average molecular weight is 198 g/mol. The minimum atomic E-state index is -1.86. The van der Waals surface area contributed by atoms with E-state index < -0.39 is 7.32 Å². The molecule has 0 unspecified atom stereocenters. The van der Waals surface area contributed by atoms with E-state index in [0.717, 1.165) is 0 Å². The van der Waals surface area contributed by atoms with E-state index in [1.54, 1.807) is 24.3 Å². The van der Waals surface area contributed by atoms with Crippen LogP contribution in [0.3, 0.4) is 0 Å². The van der Waals surface area contributed by atoms with Crippen LogP contribution in [0.5, 0.6) is 11.5 Å². The Morgan fingerprint density at radius 3 is 2.43 bits per heavy atom. The molecule has 0 aliphatic heterocycles. The van der Waals surface area contributed by atoms with Gasteiger partial charge < -0.3 is 24.2 Å². The lowest BCUT2D eigenvalue weighted by Crippen LogP contribution is -2.21. The molecular formula is C8H11BO5. The molecule has 76 valence electrons. The van der Waals surface area contributed by atoms with E-state index in [0.29, 0.717) is 5.75 Å². The number of ether oxygens (including phenoxy) is 2. The third kappa shape index (κ3) is 3.25. The van der Waals surface area contributed by atoms with Crippen LogP contribution < -0.4 is 9.39 Å². The summed E-state index contributed by atoms with van der Waals surface area (Å²) >= 11 is 0. The highest BCUT2D eigenvalue weighted by Crippen LogP contribution is 2.26. The summed E-state index contributed by atoms with van der Waals surface area (Å²) in [7, 11) is -0.369. The highest BCUT2D eigenvalue weighted by atomic mass is 16.7. The van der Waals surface area contributed by atoms with Crippen molar-refractivity contribution >= 4 is 7.32 Å². The van der Waals surface area contributed by atoms with E-state index in [-0.39, 0.29) is 12.5 Å². The lowest BCUT2D eigenvalue weighted by atomic mass is 10.2. The van der Waals surface area contributed by atoms with Gasteiger partial charge in [0.1, 0.15) is 5.75 Å². The Bertz CT molecular complexity index is 278. The van der Waals surface area contributed by atoms with E-state index in [4.69, 9.17) is 19.5 Å². The minimum Gasteiger partial charge on any atom is -0.509 e. The van der Waals surface area contributed by atoms with Crippen LogP contribution >= 0.6 is 0 Å². The van der Waals surface area contributed by atoms with Crippen molar-refractivity contribution in [1.29, 1.82) is 0 Å². The standard InChI is InChI=1S/C8H11BO5/c1-12-6-13-7-4-2-3-5-8(7)14-9(10)11/h2-5,10-11H,6H2,1H3. The molecule has 0 radical (unpaired) electrons. The first-order valence-electron chi connectivity index (χ1n) is 3.97. The molecule has 0 fully saturated rings. The minimum absolute atomic E-state index is 0.0713. The van der Waals surface area contributed by atoms with Crippen LogP contribution in [0.1, 0.15) is 0 Å².